The standard InChI is InChI=1S/C25H33Br3IN/c1-3-4-5-6-7-8-9-10-11-12-13-19-14-15-24(21(27)16-19)30(2)25-18-20(26)23(29)17-22(25)28/h14-18H,3-13H2,1-2H3. The van der Waals surface area contributed by atoms with Crippen LogP contribution in [0.3, 0.4) is 0 Å². The predicted octanol–water partition coefficient (Wildman–Crippen LogP) is 10.8. The highest BCUT2D eigenvalue weighted by atomic mass is 127. The molecule has 0 spiro atoms. The minimum Gasteiger partial charge on any atom is -0.343 e. The highest BCUT2D eigenvalue weighted by Crippen LogP contribution is 2.38. The lowest BCUT2D eigenvalue weighted by molar-refractivity contribution is 0.556. The van der Waals surface area contributed by atoms with Crippen molar-refractivity contribution in [1.29, 1.82) is 0 Å². The molecule has 0 saturated carbocycles. The Kier molecular flexibility index (Phi) is 12.9. The van der Waals surface area contributed by atoms with Gasteiger partial charge in [0.1, 0.15) is 0 Å². The number of hydrogen-bond donors (Lipinski definition) is 0. The second kappa shape index (κ2) is 14.5. The molecule has 0 radical (unpaired) electrons. The quantitative estimate of drug-likeness (QED) is 0.113. The van der Waals surface area contributed by atoms with E-state index in [1.54, 1.807) is 0 Å². The van der Waals surface area contributed by atoms with Crippen molar-refractivity contribution in [3.8, 4) is 0 Å². The minimum atomic E-state index is 1.10. The lowest BCUT2D eigenvalue weighted by Gasteiger charge is -2.23. The molecule has 166 valence electrons. The molecule has 0 amide bonds. The van der Waals surface area contributed by atoms with Gasteiger partial charge >= 0.3 is 0 Å². The Hall–Kier alpha value is 0.410. The fourth-order valence-electron chi connectivity index (χ4n) is 3.69. The fraction of sp³-hybridized carbons (Fsp3) is 0.520. The number of hydrogen-bond acceptors (Lipinski definition) is 1. The summed E-state index contributed by atoms with van der Waals surface area (Å²) in [7, 11) is 2.11. The summed E-state index contributed by atoms with van der Waals surface area (Å²) in [5, 5.41) is 0. The zero-order valence-electron chi connectivity index (χ0n) is 18.1. The van der Waals surface area contributed by atoms with Crippen LogP contribution in [0.4, 0.5) is 11.4 Å². The first kappa shape index (κ1) is 26.7. The topological polar surface area (TPSA) is 3.24 Å². The molecular formula is C25H33Br3IN. The monoisotopic (exact) mass is 711 g/mol. The van der Waals surface area contributed by atoms with Crippen LogP contribution in [0.2, 0.25) is 0 Å². The fourth-order valence-corrected chi connectivity index (χ4v) is 6.22. The number of aryl methyl sites for hydroxylation is 1. The molecule has 0 heterocycles. The summed E-state index contributed by atoms with van der Waals surface area (Å²) in [5.74, 6) is 0. The van der Waals surface area contributed by atoms with Gasteiger partial charge in [0.2, 0.25) is 0 Å². The lowest BCUT2D eigenvalue weighted by atomic mass is 10.0. The molecule has 0 unspecified atom stereocenters. The van der Waals surface area contributed by atoms with Crippen molar-refractivity contribution in [2.45, 2.75) is 77.6 Å². The van der Waals surface area contributed by atoms with Gasteiger partial charge in [0.25, 0.3) is 0 Å². The average molecular weight is 714 g/mol. The van der Waals surface area contributed by atoms with Gasteiger partial charge < -0.3 is 4.90 Å². The molecule has 0 N–H and O–H groups in total. The number of unbranched alkanes of at least 4 members (excludes halogenated alkanes) is 9. The van der Waals surface area contributed by atoms with E-state index in [0.717, 1.165) is 25.5 Å². The second-order valence-electron chi connectivity index (χ2n) is 7.99. The maximum atomic E-state index is 3.80. The van der Waals surface area contributed by atoms with Gasteiger partial charge in [-0.1, -0.05) is 70.8 Å². The molecule has 5 heteroatoms. The Labute approximate surface area is 222 Å². The summed E-state index contributed by atoms with van der Waals surface area (Å²) in [6.07, 6.45) is 15.0. The molecule has 0 aromatic heterocycles. The van der Waals surface area contributed by atoms with E-state index >= 15 is 0 Å². The number of rotatable bonds is 13. The van der Waals surface area contributed by atoms with Crippen molar-refractivity contribution in [3.05, 3.63) is 52.9 Å². The Morgan fingerprint density at radius 1 is 0.700 bits per heavy atom. The average Bonchev–Trinajstić information content (AvgIpc) is 2.71. The zero-order chi connectivity index (χ0) is 21.9. The normalized spacial score (nSPS) is 11.1. The van der Waals surface area contributed by atoms with E-state index in [2.05, 4.69) is 120 Å². The summed E-state index contributed by atoms with van der Waals surface area (Å²) < 4.78 is 4.56. The smallest absolute Gasteiger partial charge is 0.0564 e. The highest BCUT2D eigenvalue weighted by molar-refractivity contribution is 14.1. The molecule has 0 fully saturated rings. The van der Waals surface area contributed by atoms with E-state index in [-0.39, 0.29) is 0 Å². The predicted molar refractivity (Wildman–Crippen MR) is 152 cm³/mol. The third kappa shape index (κ3) is 8.74. The maximum Gasteiger partial charge on any atom is 0.0564 e. The zero-order valence-corrected chi connectivity index (χ0v) is 25.0. The first-order chi connectivity index (χ1) is 14.4. The molecule has 2 aromatic carbocycles. The van der Waals surface area contributed by atoms with Gasteiger partial charge in [-0.15, -0.1) is 0 Å². The summed E-state index contributed by atoms with van der Waals surface area (Å²) in [5.41, 5.74) is 3.74. The van der Waals surface area contributed by atoms with Gasteiger partial charge in [-0.2, -0.15) is 0 Å². The van der Waals surface area contributed by atoms with Crippen LogP contribution in [0.5, 0.6) is 0 Å². The van der Waals surface area contributed by atoms with Gasteiger partial charge in [0, 0.05) is 24.0 Å². The van der Waals surface area contributed by atoms with Crippen LogP contribution in [-0.2, 0) is 6.42 Å². The molecular weight excluding hydrogens is 681 g/mol. The van der Waals surface area contributed by atoms with E-state index in [4.69, 9.17) is 0 Å². The third-order valence-electron chi connectivity index (χ3n) is 5.54. The number of nitrogens with zero attached hydrogens (tertiary/aromatic N) is 1. The number of benzene rings is 2. The van der Waals surface area contributed by atoms with Crippen LogP contribution in [0, 0.1) is 3.57 Å². The lowest BCUT2D eigenvalue weighted by Crippen LogP contribution is -2.11. The van der Waals surface area contributed by atoms with Crippen LogP contribution >= 0.6 is 70.4 Å². The summed E-state index contributed by atoms with van der Waals surface area (Å²) in [6, 6.07) is 11.1. The van der Waals surface area contributed by atoms with Crippen molar-refractivity contribution >= 4 is 81.8 Å². The van der Waals surface area contributed by atoms with Crippen LogP contribution in [-0.4, -0.2) is 7.05 Å². The first-order valence-electron chi connectivity index (χ1n) is 11.1. The molecule has 0 bridgehead atoms. The third-order valence-corrected chi connectivity index (χ3v) is 9.10. The SMILES string of the molecule is CCCCCCCCCCCCc1ccc(N(C)c2cc(Br)c(I)cc2Br)c(Br)c1. The van der Waals surface area contributed by atoms with Gasteiger partial charge in [-0.25, -0.2) is 0 Å². The molecule has 0 atom stereocenters. The van der Waals surface area contributed by atoms with E-state index in [1.807, 2.05) is 0 Å². The summed E-state index contributed by atoms with van der Waals surface area (Å²) in [6.45, 7) is 2.28. The summed E-state index contributed by atoms with van der Waals surface area (Å²) >= 11 is 13.5. The Balaban J connectivity index is 1.79. The molecule has 0 aliphatic rings. The van der Waals surface area contributed by atoms with Gasteiger partial charge in [-0.3, -0.25) is 0 Å². The van der Waals surface area contributed by atoms with E-state index in [1.165, 1.54) is 79.0 Å². The molecule has 0 aliphatic carbocycles. The van der Waals surface area contributed by atoms with Crippen LogP contribution in [0.1, 0.15) is 76.7 Å². The van der Waals surface area contributed by atoms with Crippen molar-refractivity contribution in [3.63, 3.8) is 0 Å². The molecule has 1 nitrogen and oxygen atoms in total. The van der Waals surface area contributed by atoms with E-state index in [0.29, 0.717) is 0 Å². The highest BCUT2D eigenvalue weighted by Gasteiger charge is 2.13. The van der Waals surface area contributed by atoms with Crippen molar-refractivity contribution in [2.24, 2.45) is 0 Å². The Morgan fingerprint density at radius 3 is 1.87 bits per heavy atom. The molecule has 0 aliphatic heterocycles. The maximum absolute atomic E-state index is 3.80. The molecule has 0 saturated heterocycles. The first-order valence-corrected chi connectivity index (χ1v) is 14.6. The number of halogens is 4. The minimum absolute atomic E-state index is 1.10. The number of anilines is 2. The van der Waals surface area contributed by atoms with Crippen LogP contribution in [0.25, 0.3) is 0 Å². The molecule has 2 aromatic rings. The molecule has 2 rings (SSSR count). The Bertz CT molecular complexity index is 794. The van der Waals surface area contributed by atoms with Crippen molar-refractivity contribution < 1.29 is 0 Å². The van der Waals surface area contributed by atoms with E-state index < -0.39 is 0 Å². The Morgan fingerprint density at radius 2 is 1.27 bits per heavy atom. The molecule has 30 heavy (non-hydrogen) atoms. The van der Waals surface area contributed by atoms with Gasteiger partial charge in [-0.05, 0) is 113 Å². The summed E-state index contributed by atoms with van der Waals surface area (Å²) in [4.78, 5) is 2.22. The van der Waals surface area contributed by atoms with Crippen molar-refractivity contribution in [2.75, 3.05) is 11.9 Å². The second-order valence-corrected chi connectivity index (χ2v) is 11.7. The van der Waals surface area contributed by atoms with Crippen molar-refractivity contribution in [1.82, 2.24) is 0 Å². The van der Waals surface area contributed by atoms with Gasteiger partial charge in [0.05, 0.1) is 11.4 Å². The van der Waals surface area contributed by atoms with E-state index in [9.17, 15) is 0 Å². The van der Waals surface area contributed by atoms with Crippen LogP contribution < -0.4 is 4.90 Å². The van der Waals surface area contributed by atoms with Gasteiger partial charge in [0.15, 0.2) is 0 Å². The van der Waals surface area contributed by atoms with Crippen LogP contribution in [0.15, 0.2) is 43.7 Å². The largest absolute Gasteiger partial charge is 0.343 e.